The zero-order chi connectivity index (χ0) is 14.4. The Kier molecular flexibility index (Phi) is 5.82. The van der Waals surface area contributed by atoms with E-state index in [0.717, 1.165) is 0 Å². The van der Waals surface area contributed by atoms with Crippen LogP contribution >= 0.6 is 0 Å². The van der Waals surface area contributed by atoms with Crippen molar-refractivity contribution in [3.05, 3.63) is 17.7 Å². The van der Waals surface area contributed by atoms with Gasteiger partial charge in [0.2, 0.25) is 0 Å². The molecule has 0 spiro atoms. The summed E-state index contributed by atoms with van der Waals surface area (Å²) in [4.78, 5) is 0. The fourth-order valence-corrected chi connectivity index (χ4v) is 1.85. The first-order valence-electron chi connectivity index (χ1n) is 5.90. The van der Waals surface area contributed by atoms with E-state index in [0.29, 0.717) is 29.4 Å². The molecule has 6 heteroatoms. The van der Waals surface area contributed by atoms with E-state index in [4.69, 9.17) is 14.2 Å². The van der Waals surface area contributed by atoms with Crippen molar-refractivity contribution < 1.29 is 23.0 Å². The summed E-state index contributed by atoms with van der Waals surface area (Å²) in [6.07, 6.45) is -2.55. The van der Waals surface area contributed by atoms with E-state index in [1.165, 1.54) is 27.4 Å². The Labute approximate surface area is 111 Å². The molecule has 1 aromatic rings. The molecule has 0 bridgehead atoms. The molecule has 0 heterocycles. The van der Waals surface area contributed by atoms with Crippen LogP contribution in [0.3, 0.4) is 0 Å². The SMILES string of the molecule is CCNC(c1cc(OC)c(OC)cc1OC)C(F)F. The quantitative estimate of drug-likeness (QED) is 0.830. The van der Waals surface area contributed by atoms with Gasteiger partial charge in [0.25, 0.3) is 6.43 Å². The van der Waals surface area contributed by atoms with Gasteiger partial charge in [-0.3, -0.25) is 0 Å². The monoisotopic (exact) mass is 275 g/mol. The van der Waals surface area contributed by atoms with E-state index in [9.17, 15) is 8.78 Å². The Bertz CT molecular complexity index is 413. The topological polar surface area (TPSA) is 39.7 Å². The van der Waals surface area contributed by atoms with Crippen molar-refractivity contribution in [2.45, 2.75) is 19.4 Å². The second kappa shape index (κ2) is 7.13. The van der Waals surface area contributed by atoms with E-state index in [-0.39, 0.29) is 0 Å². The highest BCUT2D eigenvalue weighted by Crippen LogP contribution is 2.38. The van der Waals surface area contributed by atoms with Crippen LogP contribution in [0.5, 0.6) is 17.2 Å². The number of methoxy groups -OCH3 is 3. The first-order valence-corrected chi connectivity index (χ1v) is 5.90. The van der Waals surface area contributed by atoms with Gasteiger partial charge >= 0.3 is 0 Å². The Morgan fingerprint density at radius 2 is 1.53 bits per heavy atom. The van der Waals surface area contributed by atoms with Crippen molar-refractivity contribution >= 4 is 0 Å². The molecular weight excluding hydrogens is 256 g/mol. The van der Waals surface area contributed by atoms with E-state index < -0.39 is 12.5 Å². The van der Waals surface area contributed by atoms with Crippen LogP contribution in [0.25, 0.3) is 0 Å². The zero-order valence-electron chi connectivity index (χ0n) is 11.5. The summed E-state index contributed by atoms with van der Waals surface area (Å²) in [7, 11) is 4.36. The second-order valence-electron chi connectivity index (χ2n) is 3.82. The number of benzene rings is 1. The maximum absolute atomic E-state index is 13.1. The molecule has 0 amide bonds. The average Bonchev–Trinajstić information content (AvgIpc) is 2.42. The molecule has 0 saturated carbocycles. The van der Waals surface area contributed by atoms with Gasteiger partial charge in [-0.25, -0.2) is 8.78 Å². The predicted molar refractivity (Wildman–Crippen MR) is 68.5 cm³/mol. The van der Waals surface area contributed by atoms with Gasteiger partial charge in [-0.15, -0.1) is 0 Å². The van der Waals surface area contributed by atoms with Crippen molar-refractivity contribution in [3.63, 3.8) is 0 Å². The molecule has 108 valence electrons. The first-order chi connectivity index (χ1) is 9.08. The third kappa shape index (κ3) is 3.47. The molecule has 0 radical (unpaired) electrons. The summed E-state index contributed by atoms with van der Waals surface area (Å²) in [5.74, 6) is 1.17. The highest BCUT2D eigenvalue weighted by atomic mass is 19.3. The Morgan fingerprint density at radius 3 is 1.95 bits per heavy atom. The number of hydrogen-bond acceptors (Lipinski definition) is 4. The van der Waals surface area contributed by atoms with Crippen molar-refractivity contribution in [1.29, 1.82) is 0 Å². The van der Waals surface area contributed by atoms with Gasteiger partial charge in [0.1, 0.15) is 5.75 Å². The van der Waals surface area contributed by atoms with Crippen molar-refractivity contribution in [3.8, 4) is 17.2 Å². The summed E-state index contributed by atoms with van der Waals surface area (Å²) in [6.45, 7) is 2.19. The van der Waals surface area contributed by atoms with Crippen LogP contribution in [0.1, 0.15) is 18.5 Å². The fourth-order valence-electron chi connectivity index (χ4n) is 1.85. The lowest BCUT2D eigenvalue weighted by Gasteiger charge is -2.21. The number of alkyl halides is 2. The second-order valence-corrected chi connectivity index (χ2v) is 3.82. The van der Waals surface area contributed by atoms with Gasteiger partial charge in [0, 0.05) is 11.6 Å². The highest BCUT2D eigenvalue weighted by Gasteiger charge is 2.26. The lowest BCUT2D eigenvalue weighted by molar-refractivity contribution is 0.0978. The third-order valence-corrected chi connectivity index (χ3v) is 2.75. The van der Waals surface area contributed by atoms with Crippen molar-refractivity contribution in [2.75, 3.05) is 27.9 Å². The Morgan fingerprint density at radius 1 is 1.00 bits per heavy atom. The Hall–Kier alpha value is -1.56. The molecule has 1 rings (SSSR count). The van der Waals surface area contributed by atoms with Gasteiger partial charge in [0.05, 0.1) is 27.4 Å². The van der Waals surface area contributed by atoms with Crippen LogP contribution in [0.2, 0.25) is 0 Å². The van der Waals surface area contributed by atoms with Crippen LogP contribution < -0.4 is 19.5 Å². The number of nitrogens with one attached hydrogen (secondary N) is 1. The van der Waals surface area contributed by atoms with Crippen LogP contribution in [-0.4, -0.2) is 34.3 Å². The van der Waals surface area contributed by atoms with Crippen LogP contribution in [0.15, 0.2) is 12.1 Å². The van der Waals surface area contributed by atoms with E-state index in [1.54, 1.807) is 13.0 Å². The molecule has 1 unspecified atom stereocenters. The minimum Gasteiger partial charge on any atom is -0.496 e. The van der Waals surface area contributed by atoms with E-state index in [2.05, 4.69) is 5.32 Å². The van der Waals surface area contributed by atoms with Gasteiger partial charge < -0.3 is 19.5 Å². The number of rotatable bonds is 7. The van der Waals surface area contributed by atoms with Gasteiger partial charge in [0.15, 0.2) is 11.5 Å². The highest BCUT2D eigenvalue weighted by molar-refractivity contribution is 5.52. The lowest BCUT2D eigenvalue weighted by atomic mass is 10.0. The van der Waals surface area contributed by atoms with Crippen LogP contribution in [-0.2, 0) is 0 Å². The Balaban J connectivity index is 3.30. The fraction of sp³-hybridized carbons (Fsp3) is 0.538. The molecule has 0 saturated heterocycles. The molecule has 4 nitrogen and oxygen atoms in total. The standard InChI is InChI=1S/C13H19F2NO3/c1-5-16-12(13(14)15)8-6-10(18-3)11(19-4)7-9(8)17-2/h6-7,12-13,16H,5H2,1-4H3. The van der Waals surface area contributed by atoms with E-state index >= 15 is 0 Å². The van der Waals surface area contributed by atoms with Crippen LogP contribution in [0.4, 0.5) is 8.78 Å². The maximum Gasteiger partial charge on any atom is 0.257 e. The predicted octanol–water partition coefficient (Wildman–Crippen LogP) is 2.63. The smallest absolute Gasteiger partial charge is 0.257 e. The molecule has 0 aliphatic carbocycles. The van der Waals surface area contributed by atoms with Crippen molar-refractivity contribution in [1.82, 2.24) is 5.32 Å². The summed E-state index contributed by atoms with van der Waals surface area (Å²) in [5.41, 5.74) is 0.344. The van der Waals surface area contributed by atoms with Crippen molar-refractivity contribution in [2.24, 2.45) is 0 Å². The largest absolute Gasteiger partial charge is 0.496 e. The molecule has 1 N–H and O–H groups in total. The number of halogens is 2. The van der Waals surface area contributed by atoms with E-state index in [1.807, 2.05) is 0 Å². The van der Waals surface area contributed by atoms with Gasteiger partial charge in [-0.1, -0.05) is 6.92 Å². The van der Waals surface area contributed by atoms with Crippen LogP contribution in [0, 0.1) is 0 Å². The minimum atomic E-state index is -2.55. The lowest BCUT2D eigenvalue weighted by Crippen LogP contribution is -2.27. The summed E-state index contributed by atoms with van der Waals surface area (Å²) < 4.78 is 41.6. The number of ether oxygens (including phenoxy) is 3. The molecule has 0 aliphatic heterocycles. The summed E-state index contributed by atoms with van der Waals surface area (Å²) in [6, 6.07) is 1.94. The molecule has 0 fully saturated rings. The molecule has 0 aromatic heterocycles. The minimum absolute atomic E-state index is 0.337. The zero-order valence-corrected chi connectivity index (χ0v) is 11.5. The molecule has 19 heavy (non-hydrogen) atoms. The normalized spacial score (nSPS) is 12.4. The summed E-state index contributed by atoms with van der Waals surface area (Å²) >= 11 is 0. The summed E-state index contributed by atoms with van der Waals surface area (Å²) in [5, 5.41) is 2.74. The molecule has 1 atom stereocenters. The molecule has 1 aromatic carbocycles. The third-order valence-electron chi connectivity index (χ3n) is 2.75. The molecule has 0 aliphatic rings. The maximum atomic E-state index is 13.1. The average molecular weight is 275 g/mol. The van der Waals surface area contributed by atoms with Gasteiger partial charge in [-0.05, 0) is 12.6 Å². The van der Waals surface area contributed by atoms with Gasteiger partial charge in [-0.2, -0.15) is 0 Å². The number of hydrogen-bond donors (Lipinski definition) is 1. The first kappa shape index (κ1) is 15.5. The molecular formula is C13H19F2NO3.